The van der Waals surface area contributed by atoms with Crippen molar-refractivity contribution in [2.75, 3.05) is 7.11 Å². The van der Waals surface area contributed by atoms with Crippen LogP contribution in [-0.2, 0) is 11.3 Å². The van der Waals surface area contributed by atoms with Gasteiger partial charge in [0.15, 0.2) is 0 Å². The monoisotopic (exact) mass is 331 g/mol. The van der Waals surface area contributed by atoms with Gasteiger partial charge in [0.2, 0.25) is 5.91 Å². The van der Waals surface area contributed by atoms with E-state index in [-0.39, 0.29) is 11.3 Å². The molecule has 1 heterocycles. The molecule has 0 radical (unpaired) electrons. The highest BCUT2D eigenvalue weighted by Gasteiger charge is 2.14. The first-order valence-corrected chi connectivity index (χ1v) is 6.74. The molecule has 9 nitrogen and oxygen atoms in total. The molecule has 1 aromatic carbocycles. The van der Waals surface area contributed by atoms with E-state index in [9.17, 15) is 24.5 Å². The summed E-state index contributed by atoms with van der Waals surface area (Å²) < 4.78 is 5.82. The molecule has 1 aromatic heterocycles. The molecule has 0 aliphatic carbocycles. The SMILES string of the molecule is COc1ccc(C(=O)NC(=O)Cn2cc([N+](=O)[O-])ccc2=O)cc1. The number of carbonyl (C=O) groups is 2. The van der Waals surface area contributed by atoms with Crippen molar-refractivity contribution >= 4 is 17.5 Å². The van der Waals surface area contributed by atoms with Crippen molar-refractivity contribution in [3.8, 4) is 5.75 Å². The molecule has 9 heteroatoms. The Bertz CT molecular complexity index is 841. The van der Waals surface area contributed by atoms with Crippen LogP contribution < -0.4 is 15.6 Å². The van der Waals surface area contributed by atoms with E-state index in [4.69, 9.17) is 4.74 Å². The first-order valence-electron chi connectivity index (χ1n) is 6.74. The minimum Gasteiger partial charge on any atom is -0.497 e. The first-order chi connectivity index (χ1) is 11.4. The number of carbonyl (C=O) groups excluding carboxylic acids is 2. The van der Waals surface area contributed by atoms with Gasteiger partial charge in [-0.05, 0) is 24.3 Å². The average Bonchev–Trinajstić information content (AvgIpc) is 2.56. The lowest BCUT2D eigenvalue weighted by atomic mass is 10.2. The third-order valence-corrected chi connectivity index (χ3v) is 3.10. The fourth-order valence-electron chi connectivity index (χ4n) is 1.89. The summed E-state index contributed by atoms with van der Waals surface area (Å²) in [4.78, 5) is 45.4. The molecule has 0 bridgehead atoms. The molecular formula is C15H13N3O6. The second-order valence-corrected chi connectivity index (χ2v) is 4.72. The normalized spacial score (nSPS) is 10.0. The number of hydrogen-bond donors (Lipinski definition) is 1. The van der Waals surface area contributed by atoms with Gasteiger partial charge in [0, 0.05) is 17.7 Å². The Morgan fingerprint density at radius 1 is 1.21 bits per heavy atom. The molecule has 1 N–H and O–H groups in total. The predicted octanol–water partition coefficient (Wildman–Crippen LogP) is 0.722. The van der Waals surface area contributed by atoms with Crippen LogP contribution in [0.3, 0.4) is 0 Å². The number of nitrogens with one attached hydrogen (secondary N) is 1. The maximum absolute atomic E-state index is 11.9. The van der Waals surface area contributed by atoms with Gasteiger partial charge < -0.3 is 4.74 Å². The van der Waals surface area contributed by atoms with Gasteiger partial charge >= 0.3 is 0 Å². The van der Waals surface area contributed by atoms with Crippen LogP contribution in [-0.4, -0.2) is 28.4 Å². The number of rotatable bonds is 5. The third-order valence-electron chi connectivity index (χ3n) is 3.10. The summed E-state index contributed by atoms with van der Waals surface area (Å²) in [6.07, 6.45) is 0.944. The summed E-state index contributed by atoms with van der Waals surface area (Å²) in [5, 5.41) is 12.8. The highest BCUT2D eigenvalue weighted by Crippen LogP contribution is 2.11. The van der Waals surface area contributed by atoms with Crippen LogP contribution in [0.4, 0.5) is 5.69 Å². The third kappa shape index (κ3) is 4.03. The molecule has 0 spiro atoms. The first kappa shape index (κ1) is 16.9. The zero-order chi connectivity index (χ0) is 17.7. The van der Waals surface area contributed by atoms with Gasteiger partial charge in [0.05, 0.1) is 18.2 Å². The van der Waals surface area contributed by atoms with Gasteiger partial charge in [0.1, 0.15) is 12.3 Å². The molecule has 0 unspecified atom stereocenters. The van der Waals surface area contributed by atoms with Gasteiger partial charge in [-0.1, -0.05) is 0 Å². The zero-order valence-electron chi connectivity index (χ0n) is 12.6. The number of nitrogens with zero attached hydrogens (tertiary/aromatic N) is 2. The molecule has 124 valence electrons. The molecule has 24 heavy (non-hydrogen) atoms. The smallest absolute Gasteiger partial charge is 0.285 e. The maximum atomic E-state index is 11.9. The van der Waals surface area contributed by atoms with E-state index < -0.39 is 28.8 Å². The molecule has 0 fully saturated rings. The van der Waals surface area contributed by atoms with E-state index in [1.54, 1.807) is 12.1 Å². The standard InChI is InChI=1S/C15H13N3O6/c1-24-12-5-2-10(3-6-12)15(21)16-13(19)9-17-8-11(18(22)23)4-7-14(17)20/h2-8H,9H2,1H3,(H,16,19,21). The Morgan fingerprint density at radius 2 is 1.88 bits per heavy atom. The predicted molar refractivity (Wildman–Crippen MR) is 82.8 cm³/mol. The van der Waals surface area contributed by atoms with Crippen molar-refractivity contribution in [3.05, 3.63) is 68.6 Å². The molecule has 0 atom stereocenters. The number of amides is 2. The number of pyridine rings is 1. The fourth-order valence-corrected chi connectivity index (χ4v) is 1.89. The van der Waals surface area contributed by atoms with E-state index in [1.807, 2.05) is 0 Å². The van der Waals surface area contributed by atoms with Gasteiger partial charge in [-0.2, -0.15) is 0 Å². The Balaban J connectivity index is 2.07. The second kappa shape index (κ2) is 7.18. The lowest BCUT2D eigenvalue weighted by molar-refractivity contribution is -0.385. The number of nitro groups is 1. The molecular weight excluding hydrogens is 318 g/mol. The van der Waals surface area contributed by atoms with Gasteiger partial charge in [0.25, 0.3) is 17.2 Å². The highest BCUT2D eigenvalue weighted by atomic mass is 16.6. The number of methoxy groups -OCH3 is 1. The number of imide groups is 1. The summed E-state index contributed by atoms with van der Waals surface area (Å²) in [7, 11) is 1.48. The van der Waals surface area contributed by atoms with Gasteiger partial charge in [-0.25, -0.2) is 0 Å². The van der Waals surface area contributed by atoms with Crippen molar-refractivity contribution < 1.29 is 19.2 Å². The van der Waals surface area contributed by atoms with Gasteiger partial charge in [-0.3, -0.25) is 34.4 Å². The summed E-state index contributed by atoms with van der Waals surface area (Å²) >= 11 is 0. The summed E-state index contributed by atoms with van der Waals surface area (Å²) in [6.45, 7) is -0.511. The Labute approximate surface area is 135 Å². The lowest BCUT2D eigenvalue weighted by Crippen LogP contribution is -2.35. The molecule has 2 amide bonds. The minimum atomic E-state index is -0.765. The molecule has 0 saturated carbocycles. The van der Waals surface area contributed by atoms with Crippen LogP contribution in [0, 0.1) is 10.1 Å². The van der Waals surface area contributed by atoms with E-state index in [1.165, 1.54) is 19.2 Å². The van der Waals surface area contributed by atoms with Crippen LogP contribution in [0.2, 0.25) is 0 Å². The van der Waals surface area contributed by atoms with E-state index >= 15 is 0 Å². The number of hydrogen-bond acceptors (Lipinski definition) is 6. The Morgan fingerprint density at radius 3 is 2.46 bits per heavy atom. The van der Waals surface area contributed by atoms with Crippen molar-refractivity contribution in [1.29, 1.82) is 0 Å². The molecule has 0 saturated heterocycles. The molecule has 2 aromatic rings. The van der Waals surface area contributed by atoms with Crippen LogP contribution in [0.15, 0.2) is 47.4 Å². The molecule has 0 aliphatic heterocycles. The topological polar surface area (TPSA) is 121 Å². The quantitative estimate of drug-likeness (QED) is 0.636. The second-order valence-electron chi connectivity index (χ2n) is 4.72. The molecule has 0 aliphatic rings. The van der Waals surface area contributed by atoms with Crippen molar-refractivity contribution in [2.45, 2.75) is 6.54 Å². The largest absolute Gasteiger partial charge is 0.497 e. The molecule has 2 rings (SSSR count). The van der Waals surface area contributed by atoms with Crippen LogP contribution in [0.25, 0.3) is 0 Å². The fraction of sp³-hybridized carbons (Fsp3) is 0.133. The zero-order valence-corrected chi connectivity index (χ0v) is 12.6. The van der Waals surface area contributed by atoms with E-state index in [0.29, 0.717) is 5.75 Å². The van der Waals surface area contributed by atoms with Crippen LogP contribution >= 0.6 is 0 Å². The lowest BCUT2D eigenvalue weighted by Gasteiger charge is -2.07. The Kier molecular flexibility index (Phi) is 5.05. The number of ether oxygens (including phenoxy) is 1. The van der Waals surface area contributed by atoms with Crippen molar-refractivity contribution in [1.82, 2.24) is 9.88 Å². The van der Waals surface area contributed by atoms with Crippen molar-refractivity contribution in [3.63, 3.8) is 0 Å². The minimum absolute atomic E-state index is 0.232. The van der Waals surface area contributed by atoms with Crippen LogP contribution in [0.5, 0.6) is 5.75 Å². The van der Waals surface area contributed by atoms with Crippen molar-refractivity contribution in [2.24, 2.45) is 0 Å². The number of aromatic nitrogens is 1. The van der Waals surface area contributed by atoms with E-state index in [2.05, 4.69) is 5.32 Å². The summed E-state index contributed by atoms with van der Waals surface area (Å²) in [5.41, 5.74) is -0.688. The maximum Gasteiger partial charge on any atom is 0.285 e. The summed E-state index contributed by atoms with van der Waals surface area (Å²) in [5.74, 6) is -0.861. The Hall–Kier alpha value is -3.49. The highest BCUT2D eigenvalue weighted by molar-refractivity contribution is 6.04. The van der Waals surface area contributed by atoms with Crippen LogP contribution in [0.1, 0.15) is 10.4 Å². The number of benzene rings is 1. The average molecular weight is 331 g/mol. The van der Waals surface area contributed by atoms with Gasteiger partial charge in [-0.15, -0.1) is 0 Å². The summed E-state index contributed by atoms with van der Waals surface area (Å²) in [6, 6.07) is 8.09. The van der Waals surface area contributed by atoms with E-state index in [0.717, 1.165) is 22.9 Å².